The third-order valence-corrected chi connectivity index (χ3v) is 4.05. The number of nitrogens with zero attached hydrogens (tertiary/aromatic N) is 1. The van der Waals surface area contributed by atoms with Crippen LogP contribution in [0, 0.1) is 5.41 Å². The lowest BCUT2D eigenvalue weighted by Gasteiger charge is -2.37. The summed E-state index contributed by atoms with van der Waals surface area (Å²) in [6.45, 7) is 12.1. The van der Waals surface area contributed by atoms with Crippen LogP contribution in [0.5, 0.6) is 0 Å². The quantitative estimate of drug-likeness (QED) is 0.636. The van der Waals surface area contributed by atoms with Gasteiger partial charge < -0.3 is 5.32 Å². The maximum atomic E-state index is 3.47. The van der Waals surface area contributed by atoms with E-state index in [-0.39, 0.29) is 0 Å². The highest BCUT2D eigenvalue weighted by Crippen LogP contribution is 2.40. The largest absolute Gasteiger partial charge is 0.317 e. The molecule has 2 heteroatoms. The Bertz CT molecular complexity index is 199. The summed E-state index contributed by atoms with van der Waals surface area (Å²) in [5.41, 5.74) is 1.03. The van der Waals surface area contributed by atoms with E-state index in [0.717, 1.165) is 0 Å². The molecule has 82 valence electrons. The maximum Gasteiger partial charge on any atom is 0.0125 e. The summed E-state index contributed by atoms with van der Waals surface area (Å²) in [5.74, 6) is 0. The lowest BCUT2D eigenvalue weighted by molar-refractivity contribution is 0.131. The summed E-state index contributed by atoms with van der Waals surface area (Å²) in [5, 5.41) is 3.47. The van der Waals surface area contributed by atoms with Crippen molar-refractivity contribution in [3.8, 4) is 0 Å². The number of hydrogen-bond donors (Lipinski definition) is 1. The highest BCUT2D eigenvalue weighted by molar-refractivity contribution is 4.96. The minimum absolute atomic E-state index is 0.369. The summed E-state index contributed by atoms with van der Waals surface area (Å²) < 4.78 is 0. The van der Waals surface area contributed by atoms with Crippen LogP contribution in [0.3, 0.4) is 0 Å². The smallest absolute Gasteiger partial charge is 0.0125 e. The van der Waals surface area contributed by atoms with Crippen molar-refractivity contribution in [1.82, 2.24) is 10.2 Å². The van der Waals surface area contributed by atoms with Gasteiger partial charge in [0.25, 0.3) is 0 Å². The van der Waals surface area contributed by atoms with Crippen LogP contribution in [-0.2, 0) is 0 Å². The van der Waals surface area contributed by atoms with Gasteiger partial charge in [0.05, 0.1) is 0 Å². The third kappa shape index (κ3) is 1.96. The normalized spacial score (nSPS) is 28.5. The second kappa shape index (κ2) is 3.49. The van der Waals surface area contributed by atoms with Crippen molar-refractivity contribution in [1.29, 1.82) is 0 Å². The van der Waals surface area contributed by atoms with Gasteiger partial charge in [-0.1, -0.05) is 0 Å². The van der Waals surface area contributed by atoms with Crippen LogP contribution in [0.15, 0.2) is 0 Å². The van der Waals surface area contributed by atoms with Gasteiger partial charge in [-0.15, -0.1) is 0 Å². The fourth-order valence-electron chi connectivity index (χ4n) is 2.87. The summed E-state index contributed by atoms with van der Waals surface area (Å²) >= 11 is 0. The SMILES string of the molecule is CC(C)(C)N1CCC2(CCNCC2)C1. The highest BCUT2D eigenvalue weighted by Gasteiger charge is 2.41. The van der Waals surface area contributed by atoms with Crippen LogP contribution in [-0.4, -0.2) is 36.6 Å². The molecule has 0 aliphatic carbocycles. The molecule has 0 unspecified atom stereocenters. The molecule has 1 spiro atoms. The van der Waals surface area contributed by atoms with Crippen molar-refractivity contribution in [2.45, 2.75) is 45.6 Å². The van der Waals surface area contributed by atoms with Crippen molar-refractivity contribution in [3.63, 3.8) is 0 Å². The summed E-state index contributed by atoms with van der Waals surface area (Å²) in [6.07, 6.45) is 4.20. The molecule has 0 saturated carbocycles. The van der Waals surface area contributed by atoms with Gasteiger partial charge in [0.15, 0.2) is 0 Å². The first-order valence-electron chi connectivity index (χ1n) is 5.98. The molecule has 0 aromatic carbocycles. The molecule has 0 atom stereocenters. The fourth-order valence-corrected chi connectivity index (χ4v) is 2.87. The minimum Gasteiger partial charge on any atom is -0.317 e. The van der Waals surface area contributed by atoms with E-state index in [1.165, 1.54) is 45.4 Å². The van der Waals surface area contributed by atoms with Gasteiger partial charge in [-0.05, 0) is 65.1 Å². The lowest BCUT2D eigenvalue weighted by atomic mass is 9.78. The van der Waals surface area contributed by atoms with Crippen LogP contribution in [0.25, 0.3) is 0 Å². The number of likely N-dealkylation sites (tertiary alicyclic amines) is 1. The van der Waals surface area contributed by atoms with Gasteiger partial charge >= 0.3 is 0 Å². The molecule has 2 nitrogen and oxygen atoms in total. The van der Waals surface area contributed by atoms with Gasteiger partial charge in [0, 0.05) is 12.1 Å². The molecule has 2 aliphatic rings. The minimum atomic E-state index is 0.369. The van der Waals surface area contributed by atoms with Gasteiger partial charge in [-0.3, -0.25) is 4.90 Å². The predicted molar refractivity (Wildman–Crippen MR) is 60.5 cm³/mol. The standard InChI is InChI=1S/C12H24N2/c1-11(2,3)14-9-6-12(10-14)4-7-13-8-5-12/h13H,4-10H2,1-3H3. The third-order valence-electron chi connectivity index (χ3n) is 4.05. The van der Waals surface area contributed by atoms with E-state index in [9.17, 15) is 0 Å². The van der Waals surface area contributed by atoms with Crippen LogP contribution in [0.1, 0.15) is 40.0 Å². The van der Waals surface area contributed by atoms with E-state index in [4.69, 9.17) is 0 Å². The highest BCUT2D eigenvalue weighted by atomic mass is 15.2. The molecular weight excluding hydrogens is 172 g/mol. The van der Waals surface area contributed by atoms with E-state index >= 15 is 0 Å². The first-order valence-corrected chi connectivity index (χ1v) is 5.98. The van der Waals surface area contributed by atoms with Crippen LogP contribution in [0.4, 0.5) is 0 Å². The van der Waals surface area contributed by atoms with Gasteiger partial charge in [-0.25, -0.2) is 0 Å². The van der Waals surface area contributed by atoms with Crippen molar-refractivity contribution in [3.05, 3.63) is 0 Å². The van der Waals surface area contributed by atoms with E-state index in [2.05, 4.69) is 31.0 Å². The van der Waals surface area contributed by atoms with Crippen molar-refractivity contribution in [2.24, 2.45) is 5.41 Å². The molecule has 0 aromatic rings. The Balaban J connectivity index is 1.99. The van der Waals surface area contributed by atoms with E-state index < -0.39 is 0 Å². The van der Waals surface area contributed by atoms with Crippen molar-refractivity contribution in [2.75, 3.05) is 26.2 Å². The number of piperidine rings is 1. The van der Waals surface area contributed by atoms with Gasteiger partial charge in [0.2, 0.25) is 0 Å². The Morgan fingerprint density at radius 1 is 1.07 bits per heavy atom. The van der Waals surface area contributed by atoms with E-state index in [1.807, 2.05) is 0 Å². The lowest BCUT2D eigenvalue weighted by Crippen LogP contribution is -2.43. The Hall–Kier alpha value is -0.0800. The topological polar surface area (TPSA) is 15.3 Å². The zero-order valence-corrected chi connectivity index (χ0v) is 9.90. The molecule has 2 rings (SSSR count). The molecule has 14 heavy (non-hydrogen) atoms. The Labute approximate surface area is 88.1 Å². The maximum absolute atomic E-state index is 3.47. The monoisotopic (exact) mass is 196 g/mol. The average Bonchev–Trinajstić information content (AvgIpc) is 2.50. The molecule has 2 fully saturated rings. The van der Waals surface area contributed by atoms with E-state index in [0.29, 0.717) is 11.0 Å². The van der Waals surface area contributed by atoms with Crippen molar-refractivity contribution >= 4 is 0 Å². The second-order valence-corrected chi connectivity index (χ2v) is 6.09. The first-order chi connectivity index (χ1) is 6.52. The van der Waals surface area contributed by atoms with Crippen LogP contribution >= 0.6 is 0 Å². The summed E-state index contributed by atoms with van der Waals surface area (Å²) in [4.78, 5) is 2.66. The molecule has 1 N–H and O–H groups in total. The molecule has 0 aromatic heterocycles. The molecule has 2 aliphatic heterocycles. The molecule has 2 heterocycles. The molecule has 2 saturated heterocycles. The Kier molecular flexibility index (Phi) is 2.61. The Morgan fingerprint density at radius 2 is 1.71 bits per heavy atom. The molecule has 0 bridgehead atoms. The van der Waals surface area contributed by atoms with E-state index in [1.54, 1.807) is 0 Å². The first kappa shape index (κ1) is 10.4. The Morgan fingerprint density at radius 3 is 2.21 bits per heavy atom. The molecule has 0 amide bonds. The predicted octanol–water partition coefficient (Wildman–Crippen LogP) is 1.86. The summed E-state index contributed by atoms with van der Waals surface area (Å²) in [6, 6.07) is 0. The number of hydrogen-bond acceptors (Lipinski definition) is 2. The van der Waals surface area contributed by atoms with Gasteiger partial charge in [-0.2, -0.15) is 0 Å². The average molecular weight is 196 g/mol. The zero-order valence-electron chi connectivity index (χ0n) is 9.90. The van der Waals surface area contributed by atoms with Crippen LogP contribution in [0.2, 0.25) is 0 Å². The zero-order chi connectivity index (χ0) is 10.2. The fraction of sp³-hybridized carbons (Fsp3) is 1.00. The van der Waals surface area contributed by atoms with Crippen molar-refractivity contribution < 1.29 is 0 Å². The van der Waals surface area contributed by atoms with Crippen LogP contribution < -0.4 is 5.32 Å². The number of rotatable bonds is 0. The summed E-state index contributed by atoms with van der Waals surface area (Å²) in [7, 11) is 0. The molecule has 0 radical (unpaired) electrons. The number of nitrogens with one attached hydrogen (secondary N) is 1. The second-order valence-electron chi connectivity index (χ2n) is 6.09. The molecular formula is C12H24N2. The van der Waals surface area contributed by atoms with Gasteiger partial charge in [0.1, 0.15) is 0 Å².